The van der Waals surface area contributed by atoms with Gasteiger partial charge in [-0.25, -0.2) is 0 Å². The van der Waals surface area contributed by atoms with Crippen molar-refractivity contribution in [3.05, 3.63) is 42.1 Å². The molecule has 0 fully saturated rings. The lowest BCUT2D eigenvalue weighted by atomic mass is 10.2. The van der Waals surface area contributed by atoms with Gasteiger partial charge in [0.2, 0.25) is 0 Å². The van der Waals surface area contributed by atoms with Crippen molar-refractivity contribution in [3.63, 3.8) is 0 Å². The molecule has 0 saturated carbocycles. The first kappa shape index (κ1) is 11.0. The molecule has 1 atom stereocenters. The summed E-state index contributed by atoms with van der Waals surface area (Å²) in [4.78, 5) is 4.53. The molecule has 1 aromatic carbocycles. The molecule has 0 saturated heterocycles. The number of aliphatic hydroxyl groups excluding tert-OH is 1. The van der Waals surface area contributed by atoms with E-state index in [1.165, 1.54) is 0 Å². The lowest BCUT2D eigenvalue weighted by Crippen LogP contribution is -2.24. The third-order valence-corrected chi connectivity index (χ3v) is 2.40. The van der Waals surface area contributed by atoms with Gasteiger partial charge < -0.3 is 10.4 Å². The first-order chi connectivity index (χ1) is 7.75. The van der Waals surface area contributed by atoms with Crippen molar-refractivity contribution in [1.29, 1.82) is 0 Å². The fourth-order valence-corrected chi connectivity index (χ4v) is 1.62. The largest absolute Gasteiger partial charge is 0.392 e. The molecular weight excluding hydrogens is 200 g/mol. The SMILES string of the molecule is CC(O)CNCc1ccc2ccccc2n1. The third-order valence-electron chi connectivity index (χ3n) is 2.40. The van der Waals surface area contributed by atoms with Crippen LogP contribution in [0.5, 0.6) is 0 Å². The van der Waals surface area contributed by atoms with E-state index in [0.717, 1.165) is 16.6 Å². The Labute approximate surface area is 95.1 Å². The van der Waals surface area contributed by atoms with Crippen LogP contribution in [0, 0.1) is 0 Å². The molecule has 84 valence electrons. The summed E-state index contributed by atoms with van der Waals surface area (Å²) in [6, 6.07) is 12.1. The zero-order valence-corrected chi connectivity index (χ0v) is 9.35. The number of aromatic nitrogens is 1. The second-order valence-electron chi connectivity index (χ2n) is 3.98. The summed E-state index contributed by atoms with van der Waals surface area (Å²) in [5, 5.41) is 13.4. The summed E-state index contributed by atoms with van der Waals surface area (Å²) in [5.74, 6) is 0. The number of hydrogen-bond donors (Lipinski definition) is 2. The van der Waals surface area contributed by atoms with Crippen LogP contribution in [0.4, 0.5) is 0 Å². The van der Waals surface area contributed by atoms with Gasteiger partial charge in [-0.2, -0.15) is 0 Å². The highest BCUT2D eigenvalue weighted by atomic mass is 16.3. The molecule has 2 rings (SSSR count). The monoisotopic (exact) mass is 216 g/mol. The van der Waals surface area contributed by atoms with Gasteiger partial charge in [-0.1, -0.05) is 24.3 Å². The van der Waals surface area contributed by atoms with Crippen LogP contribution in [0.15, 0.2) is 36.4 Å². The van der Waals surface area contributed by atoms with Gasteiger partial charge >= 0.3 is 0 Å². The number of nitrogens with zero attached hydrogens (tertiary/aromatic N) is 1. The van der Waals surface area contributed by atoms with Crippen LogP contribution in [0.1, 0.15) is 12.6 Å². The lowest BCUT2D eigenvalue weighted by molar-refractivity contribution is 0.191. The van der Waals surface area contributed by atoms with Crippen molar-refractivity contribution in [2.45, 2.75) is 19.6 Å². The fourth-order valence-electron chi connectivity index (χ4n) is 1.62. The zero-order chi connectivity index (χ0) is 11.4. The number of rotatable bonds is 4. The van der Waals surface area contributed by atoms with E-state index in [0.29, 0.717) is 13.1 Å². The first-order valence-corrected chi connectivity index (χ1v) is 5.49. The maximum Gasteiger partial charge on any atom is 0.0705 e. The van der Waals surface area contributed by atoms with E-state index < -0.39 is 0 Å². The number of nitrogens with one attached hydrogen (secondary N) is 1. The molecule has 0 spiro atoms. The maximum atomic E-state index is 9.12. The number of pyridine rings is 1. The highest BCUT2D eigenvalue weighted by Crippen LogP contribution is 2.11. The van der Waals surface area contributed by atoms with E-state index in [2.05, 4.69) is 22.4 Å². The topological polar surface area (TPSA) is 45.1 Å². The summed E-state index contributed by atoms with van der Waals surface area (Å²) in [6.07, 6.45) is -0.319. The highest BCUT2D eigenvalue weighted by Gasteiger charge is 1.99. The van der Waals surface area contributed by atoms with Gasteiger partial charge in [-0.15, -0.1) is 0 Å². The zero-order valence-electron chi connectivity index (χ0n) is 9.35. The van der Waals surface area contributed by atoms with Crippen molar-refractivity contribution < 1.29 is 5.11 Å². The van der Waals surface area contributed by atoms with Crippen LogP contribution >= 0.6 is 0 Å². The molecule has 1 heterocycles. The molecule has 0 amide bonds. The number of para-hydroxylation sites is 1. The maximum absolute atomic E-state index is 9.12. The molecular formula is C13H16N2O. The van der Waals surface area contributed by atoms with Crippen LogP contribution < -0.4 is 5.32 Å². The first-order valence-electron chi connectivity index (χ1n) is 5.49. The van der Waals surface area contributed by atoms with E-state index in [-0.39, 0.29) is 6.10 Å². The van der Waals surface area contributed by atoms with Gasteiger partial charge in [0, 0.05) is 18.5 Å². The van der Waals surface area contributed by atoms with Crippen LogP contribution in [-0.2, 0) is 6.54 Å². The molecule has 0 aliphatic rings. The average molecular weight is 216 g/mol. The quantitative estimate of drug-likeness (QED) is 0.817. The summed E-state index contributed by atoms with van der Waals surface area (Å²) in [6.45, 7) is 3.05. The second-order valence-corrected chi connectivity index (χ2v) is 3.98. The minimum absolute atomic E-state index is 0.319. The van der Waals surface area contributed by atoms with Crippen LogP contribution in [0.3, 0.4) is 0 Å². The molecule has 2 N–H and O–H groups in total. The molecule has 0 radical (unpaired) electrons. The molecule has 3 nitrogen and oxygen atoms in total. The molecule has 0 aliphatic carbocycles. The number of benzene rings is 1. The lowest BCUT2D eigenvalue weighted by Gasteiger charge is -2.07. The highest BCUT2D eigenvalue weighted by molar-refractivity contribution is 5.78. The fraction of sp³-hybridized carbons (Fsp3) is 0.308. The van der Waals surface area contributed by atoms with Crippen LogP contribution in [0.2, 0.25) is 0 Å². The summed E-state index contributed by atoms with van der Waals surface area (Å²) in [5.41, 5.74) is 2.01. The molecule has 0 aliphatic heterocycles. The second kappa shape index (κ2) is 5.05. The van der Waals surface area contributed by atoms with Crippen LogP contribution in [-0.4, -0.2) is 22.7 Å². The van der Waals surface area contributed by atoms with E-state index in [4.69, 9.17) is 5.11 Å². The minimum Gasteiger partial charge on any atom is -0.392 e. The Balaban J connectivity index is 2.08. The Morgan fingerprint density at radius 1 is 1.25 bits per heavy atom. The Kier molecular flexibility index (Phi) is 3.49. The minimum atomic E-state index is -0.319. The van der Waals surface area contributed by atoms with Gasteiger partial charge in [-0.3, -0.25) is 4.98 Å². The van der Waals surface area contributed by atoms with E-state index in [1.54, 1.807) is 6.92 Å². The molecule has 3 heteroatoms. The van der Waals surface area contributed by atoms with Gasteiger partial charge in [0.05, 0.1) is 17.3 Å². The van der Waals surface area contributed by atoms with Gasteiger partial charge in [0.25, 0.3) is 0 Å². The smallest absolute Gasteiger partial charge is 0.0705 e. The molecule has 1 unspecified atom stereocenters. The van der Waals surface area contributed by atoms with Crippen molar-refractivity contribution in [2.75, 3.05) is 6.54 Å². The Morgan fingerprint density at radius 3 is 2.88 bits per heavy atom. The van der Waals surface area contributed by atoms with E-state index in [9.17, 15) is 0 Å². The van der Waals surface area contributed by atoms with Crippen molar-refractivity contribution in [2.24, 2.45) is 0 Å². The van der Waals surface area contributed by atoms with Gasteiger partial charge in [-0.05, 0) is 19.1 Å². The summed E-state index contributed by atoms with van der Waals surface area (Å²) in [7, 11) is 0. The molecule has 0 bridgehead atoms. The number of aliphatic hydroxyl groups is 1. The Bertz CT molecular complexity index is 468. The normalized spacial score (nSPS) is 12.9. The van der Waals surface area contributed by atoms with E-state index in [1.807, 2.05) is 24.3 Å². The molecule has 16 heavy (non-hydrogen) atoms. The molecule has 1 aromatic heterocycles. The Morgan fingerprint density at radius 2 is 2.06 bits per heavy atom. The van der Waals surface area contributed by atoms with Gasteiger partial charge in [0.15, 0.2) is 0 Å². The number of hydrogen-bond acceptors (Lipinski definition) is 3. The number of fused-ring (bicyclic) bond motifs is 1. The van der Waals surface area contributed by atoms with Crippen molar-refractivity contribution in [1.82, 2.24) is 10.3 Å². The van der Waals surface area contributed by atoms with Crippen molar-refractivity contribution >= 4 is 10.9 Å². The average Bonchev–Trinajstić information content (AvgIpc) is 2.28. The Hall–Kier alpha value is -1.45. The predicted octanol–water partition coefficient (Wildman–Crippen LogP) is 1.71. The van der Waals surface area contributed by atoms with Crippen LogP contribution in [0.25, 0.3) is 10.9 Å². The standard InChI is InChI=1S/C13H16N2O/c1-10(16)8-14-9-12-7-6-11-4-2-3-5-13(11)15-12/h2-7,10,14,16H,8-9H2,1H3. The van der Waals surface area contributed by atoms with Crippen molar-refractivity contribution in [3.8, 4) is 0 Å². The predicted molar refractivity (Wildman–Crippen MR) is 65.1 cm³/mol. The van der Waals surface area contributed by atoms with Gasteiger partial charge in [0.1, 0.15) is 0 Å². The summed E-state index contributed by atoms with van der Waals surface area (Å²) < 4.78 is 0. The molecule has 2 aromatic rings. The van der Waals surface area contributed by atoms with E-state index >= 15 is 0 Å². The summed E-state index contributed by atoms with van der Waals surface area (Å²) >= 11 is 0. The third kappa shape index (κ3) is 2.78.